The van der Waals surface area contributed by atoms with Gasteiger partial charge in [0.15, 0.2) is 0 Å². The molecule has 2 fully saturated rings. The van der Waals surface area contributed by atoms with Gasteiger partial charge in [0.25, 0.3) is 0 Å². The molecule has 1 unspecified atom stereocenters. The Morgan fingerprint density at radius 1 is 1.06 bits per heavy atom. The molecule has 1 spiro atoms. The number of likely N-dealkylation sites (tertiary alicyclic amines) is 1. The summed E-state index contributed by atoms with van der Waals surface area (Å²) in [4.78, 5) is 47.0. The quantitative estimate of drug-likeness (QED) is 0.600. The summed E-state index contributed by atoms with van der Waals surface area (Å²) < 4.78 is -0.788. The van der Waals surface area contributed by atoms with Gasteiger partial charge >= 0.3 is 0 Å². The van der Waals surface area contributed by atoms with E-state index in [1.807, 2.05) is 17.1 Å². The fourth-order valence-corrected chi connectivity index (χ4v) is 8.69. The Morgan fingerprint density at radius 2 is 1.76 bits per heavy atom. The first-order valence-electron chi connectivity index (χ1n) is 12.3. The van der Waals surface area contributed by atoms with Crippen LogP contribution in [0.3, 0.4) is 0 Å². The minimum Gasteiger partial charge on any atom is -0.396 e. The zero-order valence-electron chi connectivity index (χ0n) is 21.3. The minimum absolute atomic E-state index is 0.0270. The van der Waals surface area contributed by atoms with Crippen molar-refractivity contribution in [1.29, 1.82) is 0 Å². The van der Waals surface area contributed by atoms with Gasteiger partial charge in [0.2, 0.25) is 17.7 Å². The van der Waals surface area contributed by atoms with E-state index in [1.165, 1.54) is 0 Å². The maximum absolute atomic E-state index is 14.3. The van der Waals surface area contributed by atoms with Crippen molar-refractivity contribution in [3.63, 3.8) is 0 Å². The standard InChI is InChI=1S/C26H39N3O4S/c1-24(2,3)16-25(4,5)29-14-8-11-26-19(18-17(34-26)10-7-12-27(6)21(18)31)22(32)28(13-9-15-30)20(26)23(29)33/h7-8,10-11,17-20,30H,9,12-16H2,1-6H3/t17-,18+,19-,20?,26-/m0/s1. The first kappa shape index (κ1) is 25.3. The Hall–Kier alpha value is -1.80. The van der Waals surface area contributed by atoms with Crippen LogP contribution in [0.25, 0.3) is 0 Å². The third-order valence-electron chi connectivity index (χ3n) is 7.61. The number of rotatable bonds is 5. The predicted octanol–water partition coefficient (Wildman–Crippen LogP) is 2.31. The molecule has 4 heterocycles. The molecule has 3 amide bonds. The summed E-state index contributed by atoms with van der Waals surface area (Å²) in [5.41, 5.74) is -0.377. The fourth-order valence-electron chi connectivity index (χ4n) is 6.68. The summed E-state index contributed by atoms with van der Waals surface area (Å²) >= 11 is 1.61. The van der Waals surface area contributed by atoms with Crippen molar-refractivity contribution in [2.75, 3.05) is 33.3 Å². The van der Waals surface area contributed by atoms with E-state index in [9.17, 15) is 19.5 Å². The number of likely N-dealkylation sites (N-methyl/N-ethyl adjacent to an activating group) is 1. The van der Waals surface area contributed by atoms with Gasteiger partial charge in [0.05, 0.1) is 16.6 Å². The first-order valence-corrected chi connectivity index (χ1v) is 13.2. The molecule has 0 aliphatic carbocycles. The van der Waals surface area contributed by atoms with Gasteiger partial charge in [0, 0.05) is 44.1 Å². The Labute approximate surface area is 207 Å². The van der Waals surface area contributed by atoms with Crippen LogP contribution < -0.4 is 0 Å². The van der Waals surface area contributed by atoms with Gasteiger partial charge in [-0.15, -0.1) is 11.8 Å². The van der Waals surface area contributed by atoms with Gasteiger partial charge in [-0.2, -0.15) is 0 Å². The number of amides is 3. The Bertz CT molecular complexity index is 923. The number of fused-ring (bicyclic) bond motifs is 2. The van der Waals surface area contributed by atoms with Crippen molar-refractivity contribution >= 4 is 29.5 Å². The van der Waals surface area contributed by atoms with Gasteiger partial charge in [-0.3, -0.25) is 14.4 Å². The molecule has 0 saturated carbocycles. The highest BCUT2D eigenvalue weighted by Gasteiger charge is 2.71. The molecule has 0 radical (unpaired) electrons. The van der Waals surface area contributed by atoms with Crippen LogP contribution >= 0.6 is 11.8 Å². The highest BCUT2D eigenvalue weighted by molar-refractivity contribution is 8.02. The second-order valence-electron chi connectivity index (χ2n) is 12.0. The summed E-state index contributed by atoms with van der Waals surface area (Å²) in [6.45, 7) is 12.0. The number of aliphatic hydroxyl groups excluding tert-OH is 1. The zero-order valence-corrected chi connectivity index (χ0v) is 22.1. The van der Waals surface area contributed by atoms with Crippen LogP contribution in [0.4, 0.5) is 0 Å². The van der Waals surface area contributed by atoms with E-state index in [1.54, 1.807) is 28.6 Å². The van der Waals surface area contributed by atoms with Crippen LogP contribution in [0.5, 0.6) is 0 Å². The number of nitrogens with zero attached hydrogens (tertiary/aromatic N) is 3. The lowest BCUT2D eigenvalue weighted by atomic mass is 9.77. The highest BCUT2D eigenvalue weighted by Crippen LogP contribution is 2.61. The molecule has 7 nitrogen and oxygen atoms in total. The van der Waals surface area contributed by atoms with Crippen molar-refractivity contribution < 1.29 is 19.5 Å². The van der Waals surface area contributed by atoms with Gasteiger partial charge in [-0.1, -0.05) is 45.1 Å². The summed E-state index contributed by atoms with van der Waals surface area (Å²) in [6.07, 6.45) is 9.37. The summed E-state index contributed by atoms with van der Waals surface area (Å²) in [5, 5.41) is 9.38. The zero-order chi connectivity index (χ0) is 25.1. The molecule has 4 aliphatic rings. The number of thioether (sulfide) groups is 1. The van der Waals surface area contributed by atoms with E-state index in [4.69, 9.17) is 0 Å². The molecule has 188 valence electrons. The summed E-state index contributed by atoms with van der Waals surface area (Å²) in [5.74, 6) is -1.30. The van der Waals surface area contributed by atoms with E-state index in [-0.39, 0.29) is 35.0 Å². The van der Waals surface area contributed by atoms with Crippen LogP contribution in [0, 0.1) is 17.3 Å². The number of carbonyl (C=O) groups is 3. The monoisotopic (exact) mass is 489 g/mol. The Kier molecular flexibility index (Phi) is 6.47. The molecule has 0 aromatic heterocycles. The van der Waals surface area contributed by atoms with E-state index in [0.29, 0.717) is 26.1 Å². The van der Waals surface area contributed by atoms with E-state index < -0.39 is 28.2 Å². The van der Waals surface area contributed by atoms with Crippen LogP contribution in [0.2, 0.25) is 0 Å². The largest absolute Gasteiger partial charge is 0.396 e. The van der Waals surface area contributed by atoms with E-state index in [2.05, 4.69) is 46.8 Å². The van der Waals surface area contributed by atoms with Crippen LogP contribution in [0.15, 0.2) is 24.3 Å². The lowest BCUT2D eigenvalue weighted by Gasteiger charge is -2.44. The second kappa shape index (κ2) is 8.70. The third kappa shape index (κ3) is 4.00. The third-order valence-corrected chi connectivity index (χ3v) is 9.36. The van der Waals surface area contributed by atoms with Gasteiger partial charge in [-0.05, 0) is 32.1 Å². The molecular weight excluding hydrogens is 450 g/mol. The Balaban J connectivity index is 1.80. The second-order valence-corrected chi connectivity index (χ2v) is 13.5. The molecule has 0 bridgehead atoms. The summed E-state index contributed by atoms with van der Waals surface area (Å²) in [6, 6.07) is -0.682. The average molecular weight is 490 g/mol. The molecular formula is C26H39N3O4S. The molecule has 8 heteroatoms. The van der Waals surface area contributed by atoms with Gasteiger partial charge in [0.1, 0.15) is 6.04 Å². The van der Waals surface area contributed by atoms with Crippen molar-refractivity contribution in [2.45, 2.75) is 69.0 Å². The number of aliphatic hydroxyl groups is 1. The van der Waals surface area contributed by atoms with Crippen LogP contribution in [0.1, 0.15) is 47.5 Å². The van der Waals surface area contributed by atoms with Crippen molar-refractivity contribution in [2.24, 2.45) is 17.3 Å². The van der Waals surface area contributed by atoms with Crippen LogP contribution in [-0.2, 0) is 14.4 Å². The smallest absolute Gasteiger partial charge is 0.247 e. The van der Waals surface area contributed by atoms with Gasteiger partial charge < -0.3 is 19.8 Å². The average Bonchev–Trinajstić information content (AvgIpc) is 3.03. The van der Waals surface area contributed by atoms with E-state index >= 15 is 0 Å². The van der Waals surface area contributed by atoms with Crippen molar-refractivity contribution in [1.82, 2.24) is 14.7 Å². The number of hydrogen-bond donors (Lipinski definition) is 1. The molecule has 0 aromatic carbocycles. The highest BCUT2D eigenvalue weighted by atomic mass is 32.2. The predicted molar refractivity (Wildman–Crippen MR) is 134 cm³/mol. The lowest BCUT2D eigenvalue weighted by Crippen LogP contribution is -2.58. The maximum atomic E-state index is 14.3. The molecule has 4 rings (SSSR count). The van der Waals surface area contributed by atoms with Crippen molar-refractivity contribution in [3.8, 4) is 0 Å². The molecule has 5 atom stereocenters. The number of hydrogen-bond acceptors (Lipinski definition) is 5. The fraction of sp³-hybridized carbons (Fsp3) is 0.731. The normalized spacial score (nSPS) is 33.7. The molecule has 4 aliphatic heterocycles. The maximum Gasteiger partial charge on any atom is 0.247 e. The van der Waals surface area contributed by atoms with Gasteiger partial charge in [-0.25, -0.2) is 0 Å². The van der Waals surface area contributed by atoms with Crippen molar-refractivity contribution in [3.05, 3.63) is 24.3 Å². The molecule has 34 heavy (non-hydrogen) atoms. The Morgan fingerprint density at radius 3 is 2.41 bits per heavy atom. The summed E-state index contributed by atoms with van der Waals surface area (Å²) in [7, 11) is 1.77. The molecule has 1 N–H and O–H groups in total. The SMILES string of the molecule is CN1CC=C[C@@H]2S[C@]34C=CCN(C(C)(C)CC(C)(C)C)C(=O)C3N(CCCO)C(=O)[C@@H]4[C@@H]2C1=O. The first-order chi connectivity index (χ1) is 15.8. The molecule has 0 aromatic rings. The van der Waals surface area contributed by atoms with Crippen LogP contribution in [-0.4, -0.2) is 92.4 Å². The lowest BCUT2D eigenvalue weighted by molar-refractivity contribution is -0.146. The number of carbonyl (C=O) groups excluding carboxylic acids is 3. The van der Waals surface area contributed by atoms with E-state index in [0.717, 1.165) is 6.42 Å². The molecule has 2 saturated heterocycles. The topological polar surface area (TPSA) is 81.2 Å². The minimum atomic E-state index is -0.788.